The van der Waals surface area contributed by atoms with Crippen LogP contribution in [0.1, 0.15) is 18.1 Å². The van der Waals surface area contributed by atoms with Crippen LogP contribution in [0, 0.1) is 0 Å². The molecule has 0 aliphatic carbocycles. The number of hydrogen-bond acceptors (Lipinski definition) is 4. The van der Waals surface area contributed by atoms with Gasteiger partial charge in [-0.05, 0) is 24.1 Å². The van der Waals surface area contributed by atoms with Gasteiger partial charge in [-0.1, -0.05) is 28.3 Å². The maximum atomic E-state index is 9.92. The Morgan fingerprint density at radius 1 is 1.33 bits per heavy atom. The van der Waals surface area contributed by atoms with Gasteiger partial charge in [0.05, 0.1) is 16.8 Å². The van der Waals surface area contributed by atoms with Gasteiger partial charge in [-0.3, -0.25) is 0 Å². The normalized spacial score (nSPS) is 13.8. The summed E-state index contributed by atoms with van der Waals surface area (Å²) in [5.74, 6) is 0. The molecule has 4 N–H and O–H groups in total. The molecule has 0 amide bonds. The average Bonchev–Trinajstić information content (AvgIpc) is 2.33. The number of nitrogens with zero attached hydrogens (tertiary/aromatic N) is 3. The van der Waals surface area contributed by atoms with Crippen LogP contribution in [0.5, 0.6) is 0 Å². The van der Waals surface area contributed by atoms with Gasteiger partial charge in [0.1, 0.15) is 6.10 Å². The number of nitrogen functional groups attached to an aromatic ring is 1. The zero-order valence-electron chi connectivity index (χ0n) is 9.29. The number of halogens is 2. The lowest BCUT2D eigenvalue weighted by Gasteiger charge is -2.19. The Labute approximate surface area is 114 Å². The minimum atomic E-state index is -1.22. The minimum Gasteiger partial charge on any atom is -0.397 e. The topological polar surface area (TPSA) is 115 Å². The lowest BCUT2D eigenvalue weighted by atomic mass is 10.0. The van der Waals surface area contributed by atoms with Crippen molar-refractivity contribution in [3.63, 3.8) is 0 Å². The first-order chi connectivity index (χ1) is 8.47. The monoisotopic (exact) mass is 290 g/mol. The van der Waals surface area contributed by atoms with Gasteiger partial charge in [-0.2, -0.15) is 0 Å². The van der Waals surface area contributed by atoms with Gasteiger partial charge in [-0.15, -0.1) is 0 Å². The largest absolute Gasteiger partial charge is 0.397 e. The first-order valence-corrected chi connectivity index (χ1v) is 5.84. The van der Waals surface area contributed by atoms with Crippen molar-refractivity contribution in [3.05, 3.63) is 38.2 Å². The fourth-order valence-electron chi connectivity index (χ4n) is 1.40. The van der Waals surface area contributed by atoms with Crippen LogP contribution in [0.4, 0.5) is 5.69 Å². The van der Waals surface area contributed by atoms with E-state index in [1.165, 1.54) is 12.1 Å². The van der Waals surface area contributed by atoms with Gasteiger partial charge in [-0.25, -0.2) is 0 Å². The number of benzene rings is 1. The highest BCUT2D eigenvalue weighted by Crippen LogP contribution is 2.32. The molecule has 0 bridgehead atoms. The Kier molecular flexibility index (Phi) is 5.53. The van der Waals surface area contributed by atoms with Gasteiger partial charge >= 0.3 is 0 Å². The third kappa shape index (κ3) is 3.66. The second-order valence-corrected chi connectivity index (χ2v) is 4.46. The number of nitrogens with two attached hydrogens (primary N) is 1. The Morgan fingerprint density at radius 3 is 2.61 bits per heavy atom. The zero-order chi connectivity index (χ0) is 13.7. The summed E-state index contributed by atoms with van der Waals surface area (Å²) in [4.78, 5) is 2.55. The average molecular weight is 291 g/mol. The van der Waals surface area contributed by atoms with Crippen molar-refractivity contribution in [2.45, 2.75) is 18.6 Å². The molecule has 0 fully saturated rings. The highest BCUT2D eigenvalue weighted by molar-refractivity contribution is 6.35. The number of hydrogen-bond donors (Lipinski definition) is 3. The summed E-state index contributed by atoms with van der Waals surface area (Å²) < 4.78 is 0. The molecule has 1 rings (SSSR count). The summed E-state index contributed by atoms with van der Waals surface area (Å²) in [6, 6.07) is 2.81. The van der Waals surface area contributed by atoms with Crippen LogP contribution in [0.2, 0.25) is 10.0 Å². The summed E-state index contributed by atoms with van der Waals surface area (Å²) in [5, 5.41) is 23.4. The summed E-state index contributed by atoms with van der Waals surface area (Å²) >= 11 is 11.7. The molecule has 1 aromatic carbocycles. The van der Waals surface area contributed by atoms with Crippen LogP contribution in [0.3, 0.4) is 0 Å². The van der Waals surface area contributed by atoms with Crippen molar-refractivity contribution in [3.8, 4) is 0 Å². The smallest absolute Gasteiger partial charge is 0.106 e. The van der Waals surface area contributed by atoms with Crippen molar-refractivity contribution < 1.29 is 10.2 Å². The molecule has 2 atom stereocenters. The lowest BCUT2D eigenvalue weighted by Crippen LogP contribution is -2.19. The number of anilines is 1. The van der Waals surface area contributed by atoms with E-state index < -0.39 is 12.2 Å². The second-order valence-electron chi connectivity index (χ2n) is 3.65. The number of rotatable bonds is 5. The lowest BCUT2D eigenvalue weighted by molar-refractivity contribution is 0.0151. The van der Waals surface area contributed by atoms with Crippen molar-refractivity contribution in [1.29, 1.82) is 0 Å². The number of azide groups is 1. The van der Waals surface area contributed by atoms with E-state index in [2.05, 4.69) is 10.0 Å². The summed E-state index contributed by atoms with van der Waals surface area (Å²) in [7, 11) is 0. The molecule has 0 aromatic heterocycles. The van der Waals surface area contributed by atoms with E-state index in [1.54, 1.807) is 0 Å². The molecule has 6 nitrogen and oxygen atoms in total. The predicted octanol–water partition coefficient (Wildman–Crippen LogP) is 2.67. The molecule has 8 heteroatoms. The molecule has 0 radical (unpaired) electrons. The molecule has 0 aliphatic heterocycles. The molecule has 0 saturated carbocycles. The van der Waals surface area contributed by atoms with Gasteiger partial charge in [0, 0.05) is 22.0 Å². The standard InChI is InChI=1S/C10H12Cl2N4O2/c11-6-4-8(13)7(12)3-5(6)10(18)9(17)1-2-15-16-14/h3-4,9-10,17-18H,1-2,13H2. The van der Waals surface area contributed by atoms with Gasteiger partial charge in [0.25, 0.3) is 0 Å². The predicted molar refractivity (Wildman–Crippen MR) is 70.5 cm³/mol. The van der Waals surface area contributed by atoms with Gasteiger partial charge in [0.15, 0.2) is 0 Å². The van der Waals surface area contributed by atoms with Crippen LogP contribution < -0.4 is 5.73 Å². The van der Waals surface area contributed by atoms with E-state index >= 15 is 0 Å². The maximum Gasteiger partial charge on any atom is 0.106 e. The Bertz CT molecular complexity index is 477. The van der Waals surface area contributed by atoms with Crippen LogP contribution in [0.25, 0.3) is 10.4 Å². The first kappa shape index (κ1) is 14.9. The molecule has 1 aromatic rings. The highest BCUT2D eigenvalue weighted by atomic mass is 35.5. The maximum absolute atomic E-state index is 9.92. The number of aliphatic hydroxyl groups is 2. The molecule has 18 heavy (non-hydrogen) atoms. The molecule has 98 valence electrons. The summed E-state index contributed by atoms with van der Waals surface area (Å²) in [5.41, 5.74) is 14.2. The second kappa shape index (κ2) is 6.68. The summed E-state index contributed by atoms with van der Waals surface area (Å²) in [6.07, 6.45) is -2.21. The molecular formula is C10H12Cl2N4O2. The Hall–Kier alpha value is -1.17. The molecule has 0 heterocycles. The Balaban J connectivity index is 2.85. The molecule has 0 spiro atoms. The van der Waals surface area contributed by atoms with E-state index in [4.69, 9.17) is 34.5 Å². The van der Waals surface area contributed by atoms with Crippen LogP contribution in [-0.2, 0) is 0 Å². The SMILES string of the molecule is [N-]=[N+]=NCCC(O)C(O)c1cc(Cl)c(N)cc1Cl. The molecule has 0 aliphatic rings. The highest BCUT2D eigenvalue weighted by Gasteiger charge is 2.21. The van der Waals surface area contributed by atoms with Crippen LogP contribution in [-0.4, -0.2) is 22.9 Å². The fourth-order valence-corrected chi connectivity index (χ4v) is 1.86. The third-order valence-electron chi connectivity index (χ3n) is 2.39. The van der Waals surface area contributed by atoms with Crippen LogP contribution in [0.15, 0.2) is 17.2 Å². The van der Waals surface area contributed by atoms with Crippen molar-refractivity contribution >= 4 is 28.9 Å². The van der Waals surface area contributed by atoms with Gasteiger partial charge in [0.2, 0.25) is 0 Å². The van der Waals surface area contributed by atoms with E-state index in [9.17, 15) is 10.2 Å². The molecule has 0 saturated heterocycles. The Morgan fingerprint density at radius 2 is 2.00 bits per heavy atom. The first-order valence-electron chi connectivity index (χ1n) is 5.08. The van der Waals surface area contributed by atoms with E-state index in [1.807, 2.05) is 0 Å². The third-order valence-corrected chi connectivity index (χ3v) is 3.04. The fraction of sp³-hybridized carbons (Fsp3) is 0.400. The van der Waals surface area contributed by atoms with Crippen molar-refractivity contribution in [1.82, 2.24) is 0 Å². The van der Waals surface area contributed by atoms with Crippen molar-refractivity contribution in [2.24, 2.45) is 5.11 Å². The molecule has 2 unspecified atom stereocenters. The number of aliphatic hydroxyl groups excluding tert-OH is 2. The zero-order valence-corrected chi connectivity index (χ0v) is 10.8. The van der Waals surface area contributed by atoms with Crippen LogP contribution >= 0.6 is 23.2 Å². The van der Waals surface area contributed by atoms with Gasteiger partial charge < -0.3 is 15.9 Å². The van der Waals surface area contributed by atoms with E-state index in [0.29, 0.717) is 5.69 Å². The molecular weight excluding hydrogens is 279 g/mol. The van der Waals surface area contributed by atoms with E-state index in [-0.39, 0.29) is 28.6 Å². The van der Waals surface area contributed by atoms with Crippen molar-refractivity contribution in [2.75, 3.05) is 12.3 Å². The minimum absolute atomic E-state index is 0.0784. The quantitative estimate of drug-likeness (QED) is 0.335. The summed E-state index contributed by atoms with van der Waals surface area (Å²) in [6.45, 7) is 0.0784. The van der Waals surface area contributed by atoms with E-state index in [0.717, 1.165) is 0 Å².